The maximum atomic E-state index is 11.9. The number of hydrogen-bond donors (Lipinski definition) is 2. The van der Waals surface area contributed by atoms with Crippen molar-refractivity contribution in [3.05, 3.63) is 17.5 Å². The number of anilines is 1. The molecule has 7 heteroatoms. The summed E-state index contributed by atoms with van der Waals surface area (Å²) in [5.41, 5.74) is 0.963. The van der Waals surface area contributed by atoms with Gasteiger partial charge in [0, 0.05) is 17.9 Å². The summed E-state index contributed by atoms with van der Waals surface area (Å²) in [4.78, 5) is 33.8. The fourth-order valence-electron chi connectivity index (χ4n) is 2.64. The van der Waals surface area contributed by atoms with Gasteiger partial charge < -0.3 is 10.2 Å². The first-order chi connectivity index (χ1) is 8.98. The smallest absolute Gasteiger partial charge is 0.322 e. The molecule has 1 aromatic heterocycles. The zero-order chi connectivity index (χ0) is 13.6. The fraction of sp³-hybridized carbons (Fsp3) is 0.500. The Morgan fingerprint density at radius 1 is 1.26 bits per heavy atom. The summed E-state index contributed by atoms with van der Waals surface area (Å²) in [6, 6.07) is 1.48. The number of urea groups is 1. The summed E-state index contributed by atoms with van der Waals surface area (Å²) in [5.74, 6) is 0.354. The average molecular weight is 261 g/mol. The Balaban J connectivity index is 1.86. The van der Waals surface area contributed by atoms with Crippen molar-refractivity contribution in [1.29, 1.82) is 0 Å². The predicted octanol–water partition coefficient (Wildman–Crippen LogP) is -0.118. The molecule has 2 aliphatic rings. The van der Waals surface area contributed by atoms with Gasteiger partial charge in [-0.15, -0.1) is 0 Å². The topological polar surface area (TPSA) is 87.2 Å². The highest BCUT2D eigenvalue weighted by atomic mass is 16.2. The van der Waals surface area contributed by atoms with E-state index in [0.29, 0.717) is 25.5 Å². The molecule has 19 heavy (non-hydrogen) atoms. The van der Waals surface area contributed by atoms with Crippen molar-refractivity contribution in [2.24, 2.45) is 0 Å². The standard InChI is InChI=1S/C12H15N5O2/c1-7-5-8(2)14-10(13-7)17-4-3-12(6-17)9(18)15-11(19)16-12/h5H,3-4,6H2,1-2H3,(H2,15,16,18,19). The van der Waals surface area contributed by atoms with E-state index in [4.69, 9.17) is 0 Å². The van der Waals surface area contributed by atoms with E-state index in [2.05, 4.69) is 20.6 Å². The summed E-state index contributed by atoms with van der Waals surface area (Å²) in [5, 5.41) is 5.00. The van der Waals surface area contributed by atoms with Gasteiger partial charge in [-0.3, -0.25) is 10.1 Å². The molecule has 0 bridgehead atoms. The van der Waals surface area contributed by atoms with Gasteiger partial charge in [0.25, 0.3) is 5.91 Å². The summed E-state index contributed by atoms with van der Waals surface area (Å²) < 4.78 is 0. The van der Waals surface area contributed by atoms with Crippen molar-refractivity contribution in [2.45, 2.75) is 25.8 Å². The maximum Gasteiger partial charge on any atom is 0.322 e. The van der Waals surface area contributed by atoms with Crippen LogP contribution in [-0.2, 0) is 4.79 Å². The van der Waals surface area contributed by atoms with Crippen molar-refractivity contribution in [2.75, 3.05) is 18.0 Å². The molecule has 3 rings (SSSR count). The van der Waals surface area contributed by atoms with Crippen molar-refractivity contribution in [3.63, 3.8) is 0 Å². The summed E-state index contributed by atoms with van der Waals surface area (Å²) >= 11 is 0. The third kappa shape index (κ3) is 1.91. The molecule has 0 aromatic carbocycles. The van der Waals surface area contributed by atoms with Gasteiger partial charge in [0.15, 0.2) is 0 Å². The highest BCUT2D eigenvalue weighted by molar-refractivity contribution is 6.07. The van der Waals surface area contributed by atoms with Crippen molar-refractivity contribution in [3.8, 4) is 0 Å². The monoisotopic (exact) mass is 261 g/mol. The molecule has 1 atom stereocenters. The molecule has 1 unspecified atom stereocenters. The van der Waals surface area contributed by atoms with Crippen LogP contribution in [0.25, 0.3) is 0 Å². The molecule has 2 saturated heterocycles. The molecular weight excluding hydrogens is 246 g/mol. The lowest BCUT2D eigenvalue weighted by Gasteiger charge is -2.21. The van der Waals surface area contributed by atoms with Crippen LogP contribution in [0.3, 0.4) is 0 Å². The van der Waals surface area contributed by atoms with E-state index in [-0.39, 0.29) is 5.91 Å². The fourth-order valence-corrected chi connectivity index (χ4v) is 2.64. The molecule has 7 nitrogen and oxygen atoms in total. The summed E-state index contributed by atoms with van der Waals surface area (Å²) in [6.07, 6.45) is 0.570. The average Bonchev–Trinajstić information content (AvgIpc) is 2.83. The van der Waals surface area contributed by atoms with Gasteiger partial charge in [-0.25, -0.2) is 14.8 Å². The number of nitrogens with one attached hydrogen (secondary N) is 2. The van der Waals surface area contributed by atoms with Crippen molar-refractivity contribution >= 4 is 17.9 Å². The Morgan fingerprint density at radius 3 is 2.53 bits per heavy atom. The predicted molar refractivity (Wildman–Crippen MR) is 67.7 cm³/mol. The lowest BCUT2D eigenvalue weighted by Crippen LogP contribution is -2.49. The number of aromatic nitrogens is 2. The van der Waals surface area contributed by atoms with Gasteiger partial charge in [0.05, 0.1) is 6.54 Å². The molecule has 1 aromatic rings. The Bertz CT molecular complexity index is 553. The van der Waals surface area contributed by atoms with E-state index in [0.717, 1.165) is 11.4 Å². The molecule has 1 spiro atoms. The van der Waals surface area contributed by atoms with E-state index in [9.17, 15) is 9.59 Å². The first kappa shape index (κ1) is 11.9. The minimum Gasteiger partial charge on any atom is -0.338 e. The van der Waals surface area contributed by atoms with Crippen LogP contribution in [0.1, 0.15) is 17.8 Å². The van der Waals surface area contributed by atoms with Crippen LogP contribution in [0.15, 0.2) is 6.07 Å². The first-order valence-corrected chi connectivity index (χ1v) is 6.19. The van der Waals surface area contributed by atoms with Crippen molar-refractivity contribution < 1.29 is 9.59 Å². The highest BCUT2D eigenvalue weighted by Crippen LogP contribution is 2.27. The van der Waals surface area contributed by atoms with Crippen LogP contribution in [0, 0.1) is 13.8 Å². The van der Waals surface area contributed by atoms with E-state index >= 15 is 0 Å². The van der Waals surface area contributed by atoms with Crippen LogP contribution in [0.2, 0.25) is 0 Å². The summed E-state index contributed by atoms with van der Waals surface area (Å²) in [6.45, 7) is 4.88. The lowest BCUT2D eigenvalue weighted by atomic mass is 10.00. The number of rotatable bonds is 1. The van der Waals surface area contributed by atoms with Crippen LogP contribution in [0.5, 0.6) is 0 Å². The number of amides is 3. The van der Waals surface area contributed by atoms with E-state index in [1.165, 1.54) is 0 Å². The SMILES string of the molecule is Cc1cc(C)nc(N2CCC3(C2)NC(=O)NC3=O)n1. The molecule has 2 fully saturated rings. The molecule has 100 valence electrons. The largest absolute Gasteiger partial charge is 0.338 e. The van der Waals surface area contributed by atoms with Gasteiger partial charge in [0.1, 0.15) is 5.54 Å². The van der Waals surface area contributed by atoms with Gasteiger partial charge in [-0.05, 0) is 26.3 Å². The van der Waals surface area contributed by atoms with Gasteiger partial charge in [-0.2, -0.15) is 0 Å². The molecular formula is C12H15N5O2. The molecule has 2 N–H and O–H groups in total. The Labute approximate surface area is 110 Å². The van der Waals surface area contributed by atoms with Crippen LogP contribution >= 0.6 is 0 Å². The van der Waals surface area contributed by atoms with E-state index in [1.54, 1.807) is 0 Å². The van der Waals surface area contributed by atoms with Gasteiger partial charge in [-0.1, -0.05) is 0 Å². The number of aryl methyl sites for hydroxylation is 2. The van der Waals surface area contributed by atoms with Crippen LogP contribution < -0.4 is 15.5 Å². The van der Waals surface area contributed by atoms with E-state index < -0.39 is 11.6 Å². The Morgan fingerprint density at radius 2 is 1.95 bits per heavy atom. The van der Waals surface area contributed by atoms with Crippen LogP contribution in [-0.4, -0.2) is 40.5 Å². The van der Waals surface area contributed by atoms with Crippen molar-refractivity contribution in [1.82, 2.24) is 20.6 Å². The zero-order valence-corrected chi connectivity index (χ0v) is 10.9. The lowest BCUT2D eigenvalue weighted by molar-refractivity contribution is -0.123. The second-order valence-electron chi connectivity index (χ2n) is 5.11. The minimum atomic E-state index is -0.821. The quantitative estimate of drug-likeness (QED) is 0.688. The Hall–Kier alpha value is -2.18. The first-order valence-electron chi connectivity index (χ1n) is 6.19. The second-order valence-corrected chi connectivity index (χ2v) is 5.11. The number of carbonyl (C=O) groups is 2. The maximum absolute atomic E-state index is 11.9. The number of hydrogen-bond acceptors (Lipinski definition) is 5. The molecule has 0 aliphatic carbocycles. The van der Waals surface area contributed by atoms with Gasteiger partial charge in [0.2, 0.25) is 5.95 Å². The summed E-state index contributed by atoms with van der Waals surface area (Å²) in [7, 11) is 0. The van der Waals surface area contributed by atoms with E-state index in [1.807, 2.05) is 24.8 Å². The molecule has 3 amide bonds. The number of carbonyl (C=O) groups excluding carboxylic acids is 2. The number of imide groups is 1. The Kier molecular flexibility index (Phi) is 2.44. The van der Waals surface area contributed by atoms with Crippen LogP contribution in [0.4, 0.5) is 10.7 Å². The second kappa shape index (κ2) is 3.91. The highest BCUT2D eigenvalue weighted by Gasteiger charge is 2.51. The third-order valence-corrected chi connectivity index (χ3v) is 3.54. The van der Waals surface area contributed by atoms with Gasteiger partial charge >= 0.3 is 6.03 Å². The number of nitrogens with zero attached hydrogens (tertiary/aromatic N) is 3. The minimum absolute atomic E-state index is 0.260. The molecule has 0 saturated carbocycles. The normalized spacial score (nSPS) is 25.9. The molecule has 3 heterocycles. The molecule has 2 aliphatic heterocycles. The molecule has 0 radical (unpaired) electrons. The third-order valence-electron chi connectivity index (χ3n) is 3.54. The zero-order valence-electron chi connectivity index (χ0n) is 10.9.